The maximum absolute atomic E-state index is 12.7. The molecule has 3 atom stereocenters. The van der Waals surface area contributed by atoms with Gasteiger partial charge in [0.15, 0.2) is 0 Å². The Morgan fingerprint density at radius 1 is 1.07 bits per heavy atom. The van der Waals surface area contributed by atoms with Gasteiger partial charge in [0.1, 0.15) is 12.4 Å². The lowest BCUT2D eigenvalue weighted by Gasteiger charge is -2.34. The number of nitrogens with one attached hydrogen (secondary N) is 1. The third-order valence-electron chi connectivity index (χ3n) is 5.11. The van der Waals surface area contributed by atoms with Crippen molar-refractivity contribution in [2.45, 2.75) is 44.9 Å². The zero-order valence-corrected chi connectivity index (χ0v) is 16.5. The minimum atomic E-state index is -0.768. The van der Waals surface area contributed by atoms with Crippen LogP contribution in [0.25, 0.3) is 0 Å². The first-order valence-electron chi connectivity index (χ1n) is 10.0. The second-order valence-corrected chi connectivity index (χ2v) is 7.15. The molecular weight excluding hydrogens is 370 g/mol. The van der Waals surface area contributed by atoms with Gasteiger partial charge in [-0.05, 0) is 56.0 Å². The molecule has 0 radical (unpaired) electrons. The fraction of sp³-hybridized carbons (Fsp3) is 0.391. The van der Waals surface area contributed by atoms with E-state index >= 15 is 0 Å². The molecule has 2 aromatic carbocycles. The molecule has 0 saturated heterocycles. The molecule has 154 valence electrons. The molecule has 0 spiro atoms. The second kappa shape index (κ2) is 10.1. The predicted molar refractivity (Wildman–Crippen MR) is 108 cm³/mol. The van der Waals surface area contributed by atoms with E-state index in [1.165, 1.54) is 0 Å². The summed E-state index contributed by atoms with van der Waals surface area (Å²) in [4.78, 5) is 24.9. The Morgan fingerprint density at radius 3 is 2.48 bits per heavy atom. The molecule has 6 nitrogen and oxygen atoms in total. The molecule has 1 fully saturated rings. The van der Waals surface area contributed by atoms with Crippen molar-refractivity contribution in [2.24, 2.45) is 5.92 Å². The van der Waals surface area contributed by atoms with Crippen molar-refractivity contribution >= 4 is 11.9 Å². The second-order valence-electron chi connectivity index (χ2n) is 7.15. The molecule has 2 aromatic rings. The average Bonchev–Trinajstić information content (AvgIpc) is 2.75. The quantitative estimate of drug-likeness (QED) is 0.702. The summed E-state index contributed by atoms with van der Waals surface area (Å²) in [6.07, 6.45) is 1.10. The zero-order valence-electron chi connectivity index (χ0n) is 16.5. The van der Waals surface area contributed by atoms with Gasteiger partial charge in [0.2, 0.25) is 0 Å². The third-order valence-corrected chi connectivity index (χ3v) is 5.11. The number of benzene rings is 2. The summed E-state index contributed by atoms with van der Waals surface area (Å²) in [5, 5.41) is 13.2. The van der Waals surface area contributed by atoms with E-state index in [0.29, 0.717) is 30.8 Å². The van der Waals surface area contributed by atoms with Crippen LogP contribution in [0.3, 0.4) is 0 Å². The molecule has 3 rings (SSSR count). The summed E-state index contributed by atoms with van der Waals surface area (Å²) in [5.41, 5.74) is 1.50. The minimum Gasteiger partial charge on any atom is -0.489 e. The van der Waals surface area contributed by atoms with Crippen LogP contribution in [0.5, 0.6) is 5.75 Å². The van der Waals surface area contributed by atoms with Crippen molar-refractivity contribution in [3.63, 3.8) is 0 Å². The van der Waals surface area contributed by atoms with Gasteiger partial charge in [-0.3, -0.25) is 9.59 Å². The Labute approximate surface area is 170 Å². The average molecular weight is 397 g/mol. The first-order valence-corrected chi connectivity index (χ1v) is 10.0. The van der Waals surface area contributed by atoms with E-state index in [9.17, 15) is 14.7 Å². The molecule has 2 N–H and O–H groups in total. The van der Waals surface area contributed by atoms with E-state index in [2.05, 4.69) is 5.32 Å². The first-order chi connectivity index (χ1) is 14.1. The number of ether oxygens (including phenoxy) is 2. The fourth-order valence-corrected chi connectivity index (χ4v) is 3.56. The number of carbonyl (C=O) groups excluding carboxylic acids is 2. The van der Waals surface area contributed by atoms with Crippen LogP contribution >= 0.6 is 0 Å². The lowest BCUT2D eigenvalue weighted by Crippen LogP contribution is -2.53. The lowest BCUT2D eigenvalue weighted by molar-refractivity contribution is -0.151. The highest BCUT2D eigenvalue weighted by Gasteiger charge is 2.38. The molecule has 0 aromatic heterocycles. The topological polar surface area (TPSA) is 84.9 Å². The van der Waals surface area contributed by atoms with E-state index in [1.807, 2.05) is 30.3 Å². The molecule has 0 bridgehead atoms. The van der Waals surface area contributed by atoms with Gasteiger partial charge < -0.3 is 19.9 Å². The maximum atomic E-state index is 12.7. The highest BCUT2D eigenvalue weighted by Crippen LogP contribution is 2.26. The number of hydrogen-bond acceptors (Lipinski definition) is 5. The number of hydrogen-bond donors (Lipinski definition) is 2. The van der Waals surface area contributed by atoms with Gasteiger partial charge in [0.05, 0.1) is 24.7 Å². The molecule has 6 heteroatoms. The molecule has 1 amide bonds. The standard InChI is InChI=1S/C23H27NO5/c1-2-28-23(27)19-9-6-10-20(25)21(19)24-22(26)17-11-13-18(14-12-17)29-15-16-7-4-3-5-8-16/h3-5,7-8,11-14,19-21,25H,2,6,9-10,15H2,1H3,(H,24,26)/t19-,20-,21?/m0/s1. The Hall–Kier alpha value is -2.86. The van der Waals surface area contributed by atoms with E-state index in [0.717, 1.165) is 12.0 Å². The molecule has 1 aliphatic rings. The summed E-state index contributed by atoms with van der Waals surface area (Å²) >= 11 is 0. The Kier molecular flexibility index (Phi) is 7.25. The van der Waals surface area contributed by atoms with Gasteiger partial charge in [0.25, 0.3) is 5.91 Å². The SMILES string of the molecule is CCOC(=O)[C@H]1CCC[C@H](O)C1NC(=O)c1ccc(OCc2ccccc2)cc1. The van der Waals surface area contributed by atoms with Crippen LogP contribution in [0.4, 0.5) is 0 Å². The summed E-state index contributed by atoms with van der Waals surface area (Å²) in [5.74, 6) is -0.579. The number of aliphatic hydroxyl groups excluding tert-OH is 1. The van der Waals surface area contributed by atoms with Crippen LogP contribution in [0, 0.1) is 5.92 Å². The van der Waals surface area contributed by atoms with Crippen LogP contribution in [-0.2, 0) is 16.1 Å². The van der Waals surface area contributed by atoms with E-state index in [1.54, 1.807) is 31.2 Å². The largest absolute Gasteiger partial charge is 0.489 e. The van der Waals surface area contributed by atoms with Gasteiger partial charge in [-0.25, -0.2) is 0 Å². The van der Waals surface area contributed by atoms with Crippen LogP contribution < -0.4 is 10.1 Å². The van der Waals surface area contributed by atoms with Crippen molar-refractivity contribution in [3.05, 3.63) is 65.7 Å². The van der Waals surface area contributed by atoms with Gasteiger partial charge in [-0.1, -0.05) is 30.3 Å². The lowest BCUT2D eigenvalue weighted by atomic mass is 9.82. The summed E-state index contributed by atoms with van der Waals surface area (Å²) in [7, 11) is 0. The van der Waals surface area contributed by atoms with Crippen LogP contribution in [-0.4, -0.2) is 35.7 Å². The van der Waals surface area contributed by atoms with Crippen LogP contribution in [0.1, 0.15) is 42.1 Å². The number of carbonyl (C=O) groups is 2. The minimum absolute atomic E-state index is 0.274. The monoisotopic (exact) mass is 397 g/mol. The molecule has 29 heavy (non-hydrogen) atoms. The molecule has 1 aliphatic carbocycles. The number of amides is 1. The van der Waals surface area contributed by atoms with Gasteiger partial charge in [0, 0.05) is 5.56 Å². The Bertz CT molecular complexity index is 806. The maximum Gasteiger partial charge on any atom is 0.311 e. The van der Waals surface area contributed by atoms with Crippen LogP contribution in [0.2, 0.25) is 0 Å². The molecule has 1 saturated carbocycles. The van der Waals surface area contributed by atoms with E-state index < -0.39 is 18.1 Å². The highest BCUT2D eigenvalue weighted by molar-refractivity contribution is 5.95. The number of rotatable bonds is 7. The molecule has 0 heterocycles. The van der Waals surface area contributed by atoms with Crippen molar-refractivity contribution in [1.82, 2.24) is 5.32 Å². The van der Waals surface area contributed by atoms with E-state index in [-0.39, 0.29) is 18.5 Å². The molecule has 0 aliphatic heterocycles. The summed E-state index contributed by atoms with van der Waals surface area (Å²) in [6, 6.07) is 16.0. The van der Waals surface area contributed by atoms with Crippen LogP contribution in [0.15, 0.2) is 54.6 Å². The first kappa shape index (κ1) is 20.9. The summed E-state index contributed by atoms with van der Waals surface area (Å²) < 4.78 is 10.8. The highest BCUT2D eigenvalue weighted by atomic mass is 16.5. The summed E-state index contributed by atoms with van der Waals surface area (Å²) in [6.45, 7) is 2.46. The normalized spacial score (nSPS) is 21.2. The fourth-order valence-electron chi connectivity index (χ4n) is 3.56. The van der Waals surface area contributed by atoms with Crippen molar-refractivity contribution in [1.29, 1.82) is 0 Å². The molecule has 1 unspecified atom stereocenters. The smallest absolute Gasteiger partial charge is 0.311 e. The predicted octanol–water partition coefficient (Wildman–Crippen LogP) is 3.09. The van der Waals surface area contributed by atoms with E-state index in [4.69, 9.17) is 9.47 Å². The third kappa shape index (κ3) is 5.57. The molecular formula is C23H27NO5. The van der Waals surface area contributed by atoms with Gasteiger partial charge >= 0.3 is 5.97 Å². The van der Waals surface area contributed by atoms with Crippen molar-refractivity contribution in [2.75, 3.05) is 6.61 Å². The van der Waals surface area contributed by atoms with Gasteiger partial charge in [-0.15, -0.1) is 0 Å². The number of esters is 1. The Balaban J connectivity index is 1.61. The number of aliphatic hydroxyl groups is 1. The van der Waals surface area contributed by atoms with Crippen molar-refractivity contribution in [3.8, 4) is 5.75 Å². The zero-order chi connectivity index (χ0) is 20.6. The Morgan fingerprint density at radius 2 is 1.79 bits per heavy atom. The van der Waals surface area contributed by atoms with Crippen molar-refractivity contribution < 1.29 is 24.2 Å². The van der Waals surface area contributed by atoms with Gasteiger partial charge in [-0.2, -0.15) is 0 Å².